The molecule has 2 aromatic heterocycles. The summed E-state index contributed by atoms with van der Waals surface area (Å²) in [6, 6.07) is 4.18. The maximum Gasteiger partial charge on any atom is 0.147 e. The van der Waals surface area contributed by atoms with Gasteiger partial charge in [-0.2, -0.15) is 5.26 Å². The molecule has 0 atom stereocenters. The van der Waals surface area contributed by atoms with Crippen LogP contribution in [-0.2, 0) is 0 Å². The predicted octanol–water partition coefficient (Wildman–Crippen LogP) is 3.75. The molecule has 16 heavy (non-hydrogen) atoms. The Morgan fingerprint density at radius 2 is 2.25 bits per heavy atom. The molecule has 0 radical (unpaired) electrons. The fourth-order valence-electron chi connectivity index (χ4n) is 1.61. The first-order valence-electron chi connectivity index (χ1n) is 4.81. The molecule has 2 heterocycles. The molecule has 2 aromatic rings. The van der Waals surface area contributed by atoms with Gasteiger partial charge in [0, 0.05) is 12.2 Å². The number of nitrogens with zero attached hydrogens (tertiary/aromatic N) is 3. The van der Waals surface area contributed by atoms with Gasteiger partial charge in [-0.3, -0.25) is 0 Å². The minimum absolute atomic E-state index is 0.273. The topological polar surface area (TPSA) is 41.6 Å². The number of pyridine rings is 1. The highest BCUT2D eigenvalue weighted by Crippen LogP contribution is 2.27. The second kappa shape index (κ2) is 4.22. The molecule has 0 amide bonds. The molecule has 0 spiro atoms. The lowest BCUT2D eigenvalue weighted by molar-refractivity contribution is 0.622. The Bertz CT molecular complexity index is 595. The van der Waals surface area contributed by atoms with Gasteiger partial charge in [-0.1, -0.05) is 11.6 Å². The van der Waals surface area contributed by atoms with Crippen molar-refractivity contribution in [2.75, 3.05) is 0 Å². The predicted molar refractivity (Wildman–Crippen MR) is 72.6 cm³/mol. The summed E-state index contributed by atoms with van der Waals surface area (Å²) in [7, 11) is 0. The van der Waals surface area contributed by atoms with Crippen molar-refractivity contribution in [3.63, 3.8) is 0 Å². The molecule has 0 fully saturated rings. The number of hydrogen-bond donors (Lipinski definition) is 0. The molecule has 0 unspecified atom stereocenters. The maximum absolute atomic E-state index is 8.93. The first-order valence-corrected chi connectivity index (χ1v) is 6.27. The number of rotatable bonds is 1. The lowest BCUT2D eigenvalue weighted by Gasteiger charge is -2.08. The van der Waals surface area contributed by atoms with E-state index in [0.717, 1.165) is 14.6 Å². The van der Waals surface area contributed by atoms with Crippen LogP contribution >= 0.6 is 34.2 Å². The van der Waals surface area contributed by atoms with Gasteiger partial charge in [0.2, 0.25) is 0 Å². The Hall–Kier alpha value is -0.800. The van der Waals surface area contributed by atoms with Crippen molar-refractivity contribution >= 4 is 45.2 Å². The Labute approximate surface area is 112 Å². The van der Waals surface area contributed by atoms with Crippen LogP contribution in [0.4, 0.5) is 0 Å². The smallest absolute Gasteiger partial charge is 0.147 e. The van der Waals surface area contributed by atoms with Crippen LogP contribution in [-0.4, -0.2) is 9.55 Å². The molecule has 0 bridgehead atoms. The van der Waals surface area contributed by atoms with Crippen LogP contribution in [0, 0.1) is 14.9 Å². The maximum atomic E-state index is 8.93. The zero-order valence-corrected chi connectivity index (χ0v) is 11.7. The number of hydrogen-bond acceptors (Lipinski definition) is 2. The molecule has 3 nitrogen and oxygen atoms in total. The fraction of sp³-hybridized carbons (Fsp3) is 0.273. The molecule has 2 rings (SSSR count). The summed E-state index contributed by atoms with van der Waals surface area (Å²) in [6.07, 6.45) is 2.03. The van der Waals surface area contributed by atoms with E-state index in [9.17, 15) is 0 Å². The molecule has 0 aromatic carbocycles. The minimum atomic E-state index is 0.273. The zero-order valence-electron chi connectivity index (χ0n) is 8.83. The van der Waals surface area contributed by atoms with Crippen LogP contribution in [0.2, 0.25) is 5.15 Å². The van der Waals surface area contributed by atoms with Gasteiger partial charge in [0.05, 0.1) is 14.7 Å². The van der Waals surface area contributed by atoms with Crippen LogP contribution in [0.3, 0.4) is 0 Å². The number of fused-ring (bicyclic) bond motifs is 1. The van der Waals surface area contributed by atoms with E-state index in [0.29, 0.717) is 11.6 Å². The Balaban J connectivity index is 2.84. The van der Waals surface area contributed by atoms with Crippen LogP contribution < -0.4 is 0 Å². The van der Waals surface area contributed by atoms with Crippen molar-refractivity contribution in [2.24, 2.45) is 0 Å². The Morgan fingerprint density at radius 1 is 1.56 bits per heavy atom. The van der Waals surface area contributed by atoms with Gasteiger partial charge in [-0.05, 0) is 42.5 Å². The summed E-state index contributed by atoms with van der Waals surface area (Å²) in [5.74, 6) is 0. The molecule has 0 aliphatic carbocycles. The van der Waals surface area contributed by atoms with Crippen LogP contribution in [0.15, 0.2) is 12.3 Å². The van der Waals surface area contributed by atoms with Gasteiger partial charge >= 0.3 is 0 Å². The molecule has 0 N–H and O–H groups in total. The van der Waals surface area contributed by atoms with Crippen LogP contribution in [0.1, 0.15) is 25.5 Å². The first-order chi connectivity index (χ1) is 7.54. The molecule has 0 saturated carbocycles. The highest BCUT2D eigenvalue weighted by molar-refractivity contribution is 14.1. The third-order valence-electron chi connectivity index (χ3n) is 2.39. The SMILES string of the molecule is CC(C)n1cc(I)c2nc(Cl)c(C#N)cc21. The second-order valence-electron chi connectivity index (χ2n) is 3.78. The lowest BCUT2D eigenvalue weighted by atomic mass is 10.2. The summed E-state index contributed by atoms with van der Waals surface area (Å²) >= 11 is 8.15. The van der Waals surface area contributed by atoms with Gasteiger partial charge < -0.3 is 4.57 Å². The molecule has 0 saturated heterocycles. The molecular weight excluding hydrogens is 336 g/mol. The normalized spacial score (nSPS) is 11.0. The van der Waals surface area contributed by atoms with E-state index in [2.05, 4.69) is 52.1 Å². The van der Waals surface area contributed by atoms with Crippen LogP contribution in [0.5, 0.6) is 0 Å². The van der Waals surface area contributed by atoms with Gasteiger partial charge in [-0.15, -0.1) is 0 Å². The van der Waals surface area contributed by atoms with E-state index >= 15 is 0 Å². The fourth-order valence-corrected chi connectivity index (χ4v) is 2.49. The summed E-state index contributed by atoms with van der Waals surface area (Å²) in [5, 5.41) is 9.20. The van der Waals surface area contributed by atoms with Crippen LogP contribution in [0.25, 0.3) is 11.0 Å². The standard InChI is InChI=1S/C11H9ClIN3/c1-6(2)16-5-8(13)10-9(16)3-7(4-14)11(12)15-10/h3,5-6H,1-2H3. The summed E-state index contributed by atoms with van der Waals surface area (Å²) in [4.78, 5) is 4.26. The van der Waals surface area contributed by atoms with Crippen molar-refractivity contribution < 1.29 is 0 Å². The largest absolute Gasteiger partial charge is 0.343 e. The highest BCUT2D eigenvalue weighted by Gasteiger charge is 2.13. The zero-order chi connectivity index (χ0) is 11.9. The lowest BCUT2D eigenvalue weighted by Crippen LogP contribution is -1.98. The van der Waals surface area contributed by atoms with Crippen molar-refractivity contribution in [3.05, 3.63) is 26.5 Å². The number of halogens is 2. The summed E-state index contributed by atoms with van der Waals surface area (Å²) in [6.45, 7) is 4.19. The molecule has 82 valence electrons. The van der Waals surface area contributed by atoms with E-state index in [1.807, 2.05) is 6.20 Å². The number of aromatic nitrogens is 2. The summed E-state index contributed by atoms with van der Waals surface area (Å²) in [5.41, 5.74) is 2.24. The molecule has 0 aliphatic rings. The average Bonchev–Trinajstić information content (AvgIpc) is 2.55. The van der Waals surface area contributed by atoms with E-state index in [4.69, 9.17) is 16.9 Å². The van der Waals surface area contributed by atoms with E-state index in [1.54, 1.807) is 6.07 Å². The third kappa shape index (κ3) is 1.78. The van der Waals surface area contributed by atoms with Crippen molar-refractivity contribution in [2.45, 2.75) is 19.9 Å². The minimum Gasteiger partial charge on any atom is -0.343 e. The monoisotopic (exact) mass is 345 g/mol. The Morgan fingerprint density at radius 3 is 2.81 bits per heavy atom. The third-order valence-corrected chi connectivity index (χ3v) is 3.47. The summed E-state index contributed by atoms with van der Waals surface area (Å²) < 4.78 is 3.15. The second-order valence-corrected chi connectivity index (χ2v) is 5.30. The highest BCUT2D eigenvalue weighted by atomic mass is 127. The van der Waals surface area contributed by atoms with E-state index in [1.165, 1.54) is 0 Å². The Kier molecular flexibility index (Phi) is 3.08. The van der Waals surface area contributed by atoms with E-state index < -0.39 is 0 Å². The van der Waals surface area contributed by atoms with Gasteiger partial charge in [0.1, 0.15) is 16.7 Å². The first kappa shape index (κ1) is 11.7. The van der Waals surface area contributed by atoms with Gasteiger partial charge in [-0.25, -0.2) is 4.98 Å². The quantitative estimate of drug-likeness (QED) is 0.583. The van der Waals surface area contributed by atoms with E-state index in [-0.39, 0.29) is 5.15 Å². The average molecular weight is 346 g/mol. The van der Waals surface area contributed by atoms with Gasteiger partial charge in [0.15, 0.2) is 0 Å². The molecule has 5 heteroatoms. The molecular formula is C11H9ClIN3. The van der Waals surface area contributed by atoms with Gasteiger partial charge in [0.25, 0.3) is 0 Å². The van der Waals surface area contributed by atoms with Crippen molar-refractivity contribution in [1.29, 1.82) is 5.26 Å². The molecule has 0 aliphatic heterocycles. The van der Waals surface area contributed by atoms with Crippen molar-refractivity contribution in [3.8, 4) is 6.07 Å². The number of nitriles is 1. The van der Waals surface area contributed by atoms with Crippen molar-refractivity contribution in [1.82, 2.24) is 9.55 Å².